The molecule has 0 saturated heterocycles. The maximum absolute atomic E-state index is 6.26. The van der Waals surface area contributed by atoms with E-state index in [4.69, 9.17) is 4.74 Å². The Balaban J connectivity index is 2.52. The lowest BCUT2D eigenvalue weighted by atomic mass is 9.86. The maximum Gasteiger partial charge on any atom is 0.126 e. The van der Waals surface area contributed by atoms with Crippen molar-refractivity contribution in [2.24, 2.45) is 0 Å². The van der Waals surface area contributed by atoms with Crippen molar-refractivity contribution in [2.75, 3.05) is 0 Å². The maximum atomic E-state index is 6.26. The second-order valence-electron chi connectivity index (χ2n) is 5.35. The topological polar surface area (TPSA) is 9.23 Å². The highest BCUT2D eigenvalue weighted by molar-refractivity contribution is 5.51. The van der Waals surface area contributed by atoms with Gasteiger partial charge in [0, 0.05) is 0 Å². The summed E-state index contributed by atoms with van der Waals surface area (Å²) in [6, 6.07) is 2.28. The predicted molar refractivity (Wildman–Crippen MR) is 68.3 cm³/mol. The number of hydrogen-bond donors (Lipinski definition) is 0. The van der Waals surface area contributed by atoms with Gasteiger partial charge in [0.25, 0.3) is 0 Å². The Morgan fingerprint density at radius 3 is 2.56 bits per heavy atom. The van der Waals surface area contributed by atoms with Gasteiger partial charge < -0.3 is 4.74 Å². The Bertz CT molecular complexity index is 420. The summed E-state index contributed by atoms with van der Waals surface area (Å²) in [6.07, 6.45) is 3.38. The van der Waals surface area contributed by atoms with Crippen molar-refractivity contribution >= 4 is 0 Å². The van der Waals surface area contributed by atoms with E-state index in [1.54, 1.807) is 0 Å². The van der Waals surface area contributed by atoms with E-state index in [2.05, 4.69) is 40.7 Å². The predicted octanol–water partition coefficient (Wildman–Crippen LogP) is 4.11. The van der Waals surface area contributed by atoms with Gasteiger partial charge in [-0.15, -0.1) is 0 Å². The molecule has 1 aliphatic heterocycles. The van der Waals surface area contributed by atoms with Crippen LogP contribution in [0, 0.1) is 20.8 Å². The zero-order valence-electron chi connectivity index (χ0n) is 11.1. The van der Waals surface area contributed by atoms with Gasteiger partial charge in [-0.25, -0.2) is 0 Å². The van der Waals surface area contributed by atoms with E-state index < -0.39 is 0 Å². The standard InChI is InChI=1S/C15H22O/c1-6-15(5)8-7-13-11(3)9-10(2)12(4)14(13)16-15/h9H,6-8H2,1-5H3/t15-/m1/s1. The fourth-order valence-corrected chi connectivity index (χ4v) is 2.49. The first-order valence-corrected chi connectivity index (χ1v) is 6.25. The van der Waals surface area contributed by atoms with E-state index in [-0.39, 0.29) is 5.60 Å². The lowest BCUT2D eigenvalue weighted by molar-refractivity contribution is 0.0600. The Morgan fingerprint density at radius 2 is 1.94 bits per heavy atom. The Morgan fingerprint density at radius 1 is 1.25 bits per heavy atom. The SMILES string of the molecule is CC[C@]1(C)CCc2c(C)cc(C)c(C)c2O1. The van der Waals surface area contributed by atoms with Gasteiger partial charge >= 0.3 is 0 Å². The molecule has 0 unspecified atom stereocenters. The molecular weight excluding hydrogens is 196 g/mol. The van der Waals surface area contributed by atoms with Crippen molar-refractivity contribution in [1.82, 2.24) is 0 Å². The summed E-state index contributed by atoms with van der Waals surface area (Å²) in [5, 5.41) is 0. The van der Waals surface area contributed by atoms with Crippen molar-refractivity contribution in [2.45, 2.75) is 59.5 Å². The van der Waals surface area contributed by atoms with E-state index in [1.165, 1.54) is 22.3 Å². The molecule has 1 nitrogen and oxygen atoms in total. The summed E-state index contributed by atoms with van der Waals surface area (Å²) < 4.78 is 6.26. The van der Waals surface area contributed by atoms with E-state index >= 15 is 0 Å². The number of hydrogen-bond acceptors (Lipinski definition) is 1. The second kappa shape index (κ2) is 3.80. The van der Waals surface area contributed by atoms with Crippen LogP contribution in [0.15, 0.2) is 6.07 Å². The number of aryl methyl sites for hydroxylation is 2. The third-order valence-corrected chi connectivity index (χ3v) is 4.12. The van der Waals surface area contributed by atoms with Gasteiger partial charge in [-0.2, -0.15) is 0 Å². The van der Waals surface area contributed by atoms with Gasteiger partial charge in [0.05, 0.1) is 0 Å². The molecule has 0 fully saturated rings. The zero-order chi connectivity index (χ0) is 11.9. The third-order valence-electron chi connectivity index (χ3n) is 4.12. The molecule has 88 valence electrons. The summed E-state index contributed by atoms with van der Waals surface area (Å²) in [4.78, 5) is 0. The molecule has 0 N–H and O–H groups in total. The van der Waals surface area contributed by atoms with Crippen LogP contribution in [0.5, 0.6) is 5.75 Å². The molecule has 1 aliphatic rings. The Kier molecular flexibility index (Phi) is 2.73. The van der Waals surface area contributed by atoms with E-state index in [0.29, 0.717) is 0 Å². The molecule has 0 saturated carbocycles. The van der Waals surface area contributed by atoms with Crippen molar-refractivity contribution < 1.29 is 4.74 Å². The highest BCUT2D eigenvalue weighted by Crippen LogP contribution is 2.39. The molecule has 16 heavy (non-hydrogen) atoms. The van der Waals surface area contributed by atoms with Crippen molar-refractivity contribution in [3.8, 4) is 5.75 Å². The molecule has 2 rings (SSSR count). The van der Waals surface area contributed by atoms with Crippen LogP contribution in [0.25, 0.3) is 0 Å². The van der Waals surface area contributed by atoms with E-state index in [0.717, 1.165) is 25.0 Å². The van der Waals surface area contributed by atoms with Crippen LogP contribution < -0.4 is 4.74 Å². The summed E-state index contributed by atoms with van der Waals surface area (Å²) in [7, 11) is 0. The lowest BCUT2D eigenvalue weighted by Gasteiger charge is -2.37. The van der Waals surface area contributed by atoms with Gasteiger partial charge in [0.1, 0.15) is 11.4 Å². The summed E-state index contributed by atoms with van der Waals surface area (Å²) >= 11 is 0. The van der Waals surface area contributed by atoms with E-state index in [1.807, 2.05) is 0 Å². The Hall–Kier alpha value is -0.980. The number of fused-ring (bicyclic) bond motifs is 1. The van der Waals surface area contributed by atoms with Crippen molar-refractivity contribution in [3.63, 3.8) is 0 Å². The van der Waals surface area contributed by atoms with Crippen LogP contribution in [0.2, 0.25) is 0 Å². The molecule has 0 bridgehead atoms. The van der Waals surface area contributed by atoms with Crippen molar-refractivity contribution in [3.05, 3.63) is 28.3 Å². The minimum atomic E-state index is 0.0397. The Labute approximate surface area is 98.8 Å². The molecule has 0 aliphatic carbocycles. The van der Waals surface area contributed by atoms with Crippen LogP contribution >= 0.6 is 0 Å². The highest BCUT2D eigenvalue weighted by Gasteiger charge is 2.31. The van der Waals surface area contributed by atoms with E-state index in [9.17, 15) is 0 Å². The highest BCUT2D eigenvalue weighted by atomic mass is 16.5. The smallest absolute Gasteiger partial charge is 0.126 e. The largest absolute Gasteiger partial charge is 0.487 e. The summed E-state index contributed by atoms with van der Waals surface area (Å²) in [6.45, 7) is 11.0. The minimum absolute atomic E-state index is 0.0397. The normalized spacial score (nSPS) is 23.8. The van der Waals surface area contributed by atoms with Crippen LogP contribution in [0.1, 0.15) is 48.9 Å². The number of benzene rings is 1. The molecule has 0 amide bonds. The molecule has 1 atom stereocenters. The first-order chi connectivity index (χ1) is 7.47. The number of ether oxygens (including phenoxy) is 1. The van der Waals surface area contributed by atoms with Crippen LogP contribution in [-0.4, -0.2) is 5.60 Å². The molecule has 1 heterocycles. The third kappa shape index (κ3) is 1.73. The quantitative estimate of drug-likeness (QED) is 0.689. The van der Waals surface area contributed by atoms with Gasteiger partial charge in [-0.3, -0.25) is 0 Å². The van der Waals surface area contributed by atoms with Crippen LogP contribution in [0.3, 0.4) is 0 Å². The first-order valence-electron chi connectivity index (χ1n) is 6.25. The fraction of sp³-hybridized carbons (Fsp3) is 0.600. The number of rotatable bonds is 1. The molecule has 0 spiro atoms. The van der Waals surface area contributed by atoms with Crippen molar-refractivity contribution in [1.29, 1.82) is 0 Å². The van der Waals surface area contributed by atoms with Gasteiger partial charge in [-0.1, -0.05) is 13.0 Å². The van der Waals surface area contributed by atoms with Crippen LogP contribution in [0.4, 0.5) is 0 Å². The van der Waals surface area contributed by atoms with Crippen LogP contribution in [-0.2, 0) is 6.42 Å². The summed E-state index contributed by atoms with van der Waals surface area (Å²) in [5.41, 5.74) is 5.51. The monoisotopic (exact) mass is 218 g/mol. The zero-order valence-corrected chi connectivity index (χ0v) is 11.1. The second-order valence-corrected chi connectivity index (χ2v) is 5.35. The molecular formula is C15H22O. The molecule has 1 heteroatoms. The molecule has 0 radical (unpaired) electrons. The fourth-order valence-electron chi connectivity index (χ4n) is 2.49. The average Bonchev–Trinajstić information content (AvgIpc) is 2.26. The minimum Gasteiger partial charge on any atom is -0.487 e. The van der Waals surface area contributed by atoms with Gasteiger partial charge in [-0.05, 0) is 69.2 Å². The summed E-state index contributed by atoms with van der Waals surface area (Å²) in [5.74, 6) is 1.16. The molecule has 1 aromatic carbocycles. The average molecular weight is 218 g/mol. The first kappa shape index (κ1) is 11.5. The van der Waals surface area contributed by atoms with Gasteiger partial charge in [0.15, 0.2) is 0 Å². The molecule has 0 aromatic heterocycles. The lowest BCUT2D eigenvalue weighted by Crippen LogP contribution is -2.36. The van der Waals surface area contributed by atoms with Gasteiger partial charge in [0.2, 0.25) is 0 Å². The molecule has 1 aromatic rings.